The quantitative estimate of drug-likeness (QED) is 0.338. The molecule has 2 rings (SSSR count). The lowest BCUT2D eigenvalue weighted by atomic mass is 10.1. The molecule has 0 saturated heterocycles. The van der Waals surface area contributed by atoms with Crippen LogP contribution in [0.15, 0.2) is 48.6 Å². The minimum atomic E-state index is -0.392. The average Bonchev–Trinajstić information content (AvgIpc) is 2.85. The van der Waals surface area contributed by atoms with E-state index in [0.29, 0.717) is 6.54 Å². The third-order valence-electron chi connectivity index (χ3n) is 3.63. The van der Waals surface area contributed by atoms with Crippen LogP contribution in [0.25, 0.3) is 11.8 Å². The van der Waals surface area contributed by atoms with Crippen molar-refractivity contribution >= 4 is 34.6 Å². The van der Waals surface area contributed by atoms with Crippen molar-refractivity contribution in [2.24, 2.45) is 0 Å². The first-order valence-corrected chi connectivity index (χ1v) is 8.51. The van der Waals surface area contributed by atoms with Gasteiger partial charge in [-0.25, -0.2) is 0 Å². The zero-order valence-corrected chi connectivity index (χ0v) is 15.8. The number of rotatable bonds is 5. The van der Waals surface area contributed by atoms with Gasteiger partial charge >= 0.3 is 0 Å². The summed E-state index contributed by atoms with van der Waals surface area (Å²) in [5.41, 5.74) is 4.03. The highest BCUT2D eigenvalue weighted by atomic mass is 127. The Morgan fingerprint density at radius 3 is 2.62 bits per heavy atom. The van der Waals surface area contributed by atoms with Crippen LogP contribution < -0.4 is 5.32 Å². The van der Waals surface area contributed by atoms with Gasteiger partial charge in [-0.15, -0.1) is 6.58 Å². The van der Waals surface area contributed by atoms with Crippen molar-refractivity contribution in [3.63, 3.8) is 0 Å². The molecule has 0 unspecified atom stereocenters. The maximum atomic E-state index is 12.0. The first kappa shape index (κ1) is 18.0. The molecule has 0 atom stereocenters. The molecule has 5 heteroatoms. The standard InChI is InChI=1S/C19H18IN3O/c1-4-9-22-19(24)16(12-21)11-15-10-13(2)23(14(15)3)18-7-5-17(20)6-8-18/h4-8,10-11H,1,9H2,2-3H3,(H,22,24)/b16-11+. The molecule has 24 heavy (non-hydrogen) atoms. The Hall–Kier alpha value is -2.33. The van der Waals surface area contributed by atoms with E-state index in [1.165, 1.54) is 3.57 Å². The molecule has 0 spiro atoms. The zero-order valence-electron chi connectivity index (χ0n) is 13.6. The SMILES string of the molecule is C=CCNC(=O)/C(C#N)=C/c1cc(C)n(-c2ccc(I)cc2)c1C. The zero-order chi connectivity index (χ0) is 17.7. The molecule has 0 radical (unpaired) electrons. The van der Waals surface area contributed by atoms with Crippen LogP contribution in [-0.4, -0.2) is 17.0 Å². The largest absolute Gasteiger partial charge is 0.348 e. The van der Waals surface area contributed by atoms with Gasteiger partial charge in [-0.2, -0.15) is 5.26 Å². The number of halogens is 1. The summed E-state index contributed by atoms with van der Waals surface area (Å²) in [7, 11) is 0. The average molecular weight is 431 g/mol. The van der Waals surface area contributed by atoms with Crippen molar-refractivity contribution in [1.82, 2.24) is 9.88 Å². The normalized spacial score (nSPS) is 11.0. The number of benzene rings is 1. The highest BCUT2D eigenvalue weighted by molar-refractivity contribution is 14.1. The lowest BCUT2D eigenvalue weighted by molar-refractivity contribution is -0.116. The van der Waals surface area contributed by atoms with E-state index in [1.54, 1.807) is 12.2 Å². The molecule has 0 aliphatic carbocycles. The van der Waals surface area contributed by atoms with Crippen molar-refractivity contribution in [2.45, 2.75) is 13.8 Å². The van der Waals surface area contributed by atoms with Crippen LogP contribution >= 0.6 is 22.6 Å². The van der Waals surface area contributed by atoms with E-state index in [1.807, 2.05) is 38.1 Å². The topological polar surface area (TPSA) is 57.8 Å². The monoisotopic (exact) mass is 431 g/mol. The number of nitriles is 1. The van der Waals surface area contributed by atoms with Gasteiger partial charge < -0.3 is 9.88 Å². The second-order valence-electron chi connectivity index (χ2n) is 5.31. The van der Waals surface area contributed by atoms with E-state index in [4.69, 9.17) is 0 Å². The number of amides is 1. The fourth-order valence-corrected chi connectivity index (χ4v) is 2.84. The number of nitrogens with zero attached hydrogens (tertiary/aromatic N) is 2. The third-order valence-corrected chi connectivity index (χ3v) is 4.35. The van der Waals surface area contributed by atoms with Crippen LogP contribution in [0, 0.1) is 28.7 Å². The number of hydrogen-bond donors (Lipinski definition) is 1. The van der Waals surface area contributed by atoms with Crippen LogP contribution in [0.1, 0.15) is 17.0 Å². The predicted molar refractivity (Wildman–Crippen MR) is 105 cm³/mol. The molecule has 4 nitrogen and oxygen atoms in total. The predicted octanol–water partition coefficient (Wildman–Crippen LogP) is 3.91. The molecule has 1 amide bonds. The molecule has 1 aromatic heterocycles. The van der Waals surface area contributed by atoms with Gasteiger partial charge in [-0.05, 0) is 78.4 Å². The second kappa shape index (κ2) is 7.97. The summed E-state index contributed by atoms with van der Waals surface area (Å²) < 4.78 is 3.28. The van der Waals surface area contributed by atoms with Crippen molar-refractivity contribution in [3.8, 4) is 11.8 Å². The highest BCUT2D eigenvalue weighted by Crippen LogP contribution is 2.23. The molecule has 0 bridgehead atoms. The Kier molecular flexibility index (Phi) is 5.99. The Balaban J connectivity index is 2.42. The molecule has 0 fully saturated rings. The van der Waals surface area contributed by atoms with Gasteiger partial charge in [0.05, 0.1) is 0 Å². The van der Waals surface area contributed by atoms with Crippen LogP contribution in [0.4, 0.5) is 0 Å². The second-order valence-corrected chi connectivity index (χ2v) is 6.55. The van der Waals surface area contributed by atoms with Gasteiger partial charge in [-0.3, -0.25) is 4.79 Å². The molecule has 1 N–H and O–H groups in total. The summed E-state index contributed by atoms with van der Waals surface area (Å²) in [5, 5.41) is 11.9. The summed E-state index contributed by atoms with van der Waals surface area (Å²) in [6, 6.07) is 12.1. The summed E-state index contributed by atoms with van der Waals surface area (Å²) in [5.74, 6) is -0.392. The molecule has 2 aromatic rings. The summed E-state index contributed by atoms with van der Waals surface area (Å²) in [6.07, 6.45) is 3.21. The van der Waals surface area contributed by atoms with Crippen molar-refractivity contribution in [1.29, 1.82) is 5.26 Å². The molecule has 122 valence electrons. The van der Waals surface area contributed by atoms with Gasteiger partial charge in [0.2, 0.25) is 0 Å². The van der Waals surface area contributed by atoms with Crippen LogP contribution in [-0.2, 0) is 4.79 Å². The number of aromatic nitrogens is 1. The molecule has 1 heterocycles. The Labute approximate surface area is 155 Å². The first-order chi connectivity index (χ1) is 11.5. The van der Waals surface area contributed by atoms with E-state index in [-0.39, 0.29) is 5.57 Å². The van der Waals surface area contributed by atoms with Crippen LogP contribution in [0.2, 0.25) is 0 Å². The Bertz CT molecular complexity index is 839. The number of carbonyl (C=O) groups excluding carboxylic acids is 1. The van der Waals surface area contributed by atoms with E-state index < -0.39 is 5.91 Å². The minimum absolute atomic E-state index is 0.0831. The van der Waals surface area contributed by atoms with Crippen LogP contribution in [0.5, 0.6) is 0 Å². The maximum absolute atomic E-state index is 12.0. The molecule has 0 aliphatic rings. The van der Waals surface area contributed by atoms with Crippen molar-refractivity contribution in [3.05, 3.63) is 69.1 Å². The smallest absolute Gasteiger partial charge is 0.262 e. The third kappa shape index (κ3) is 3.95. The fourth-order valence-electron chi connectivity index (χ4n) is 2.49. The van der Waals surface area contributed by atoms with Crippen molar-refractivity contribution in [2.75, 3.05) is 6.54 Å². The van der Waals surface area contributed by atoms with Gasteiger partial charge in [-0.1, -0.05) is 6.08 Å². The number of nitrogens with one attached hydrogen (secondary N) is 1. The number of aryl methyl sites for hydroxylation is 1. The molecular formula is C19H18IN3O. The van der Waals surface area contributed by atoms with Crippen LogP contribution in [0.3, 0.4) is 0 Å². The Morgan fingerprint density at radius 1 is 1.38 bits per heavy atom. The lowest BCUT2D eigenvalue weighted by Gasteiger charge is -2.09. The number of carbonyl (C=O) groups is 1. The van der Waals surface area contributed by atoms with Gasteiger partial charge in [0.1, 0.15) is 11.6 Å². The van der Waals surface area contributed by atoms with E-state index >= 15 is 0 Å². The summed E-state index contributed by atoms with van der Waals surface area (Å²) >= 11 is 2.27. The van der Waals surface area contributed by atoms with Gasteiger partial charge in [0, 0.05) is 27.2 Å². The highest BCUT2D eigenvalue weighted by Gasteiger charge is 2.13. The van der Waals surface area contributed by atoms with Gasteiger partial charge in [0.25, 0.3) is 5.91 Å². The lowest BCUT2D eigenvalue weighted by Crippen LogP contribution is -2.24. The molecular weight excluding hydrogens is 413 g/mol. The fraction of sp³-hybridized carbons (Fsp3) is 0.158. The van der Waals surface area contributed by atoms with E-state index in [0.717, 1.165) is 22.6 Å². The maximum Gasteiger partial charge on any atom is 0.262 e. The first-order valence-electron chi connectivity index (χ1n) is 7.43. The van der Waals surface area contributed by atoms with E-state index in [2.05, 4.69) is 51.2 Å². The van der Waals surface area contributed by atoms with Crippen molar-refractivity contribution < 1.29 is 4.79 Å². The Morgan fingerprint density at radius 2 is 2.04 bits per heavy atom. The summed E-state index contributed by atoms with van der Waals surface area (Å²) in [4.78, 5) is 12.0. The minimum Gasteiger partial charge on any atom is -0.348 e. The van der Waals surface area contributed by atoms with E-state index in [9.17, 15) is 10.1 Å². The molecule has 0 saturated carbocycles. The summed E-state index contributed by atoms with van der Waals surface area (Å²) in [6.45, 7) is 7.87. The van der Waals surface area contributed by atoms with Gasteiger partial charge in [0.15, 0.2) is 0 Å². The molecule has 0 aliphatic heterocycles. The number of hydrogen-bond acceptors (Lipinski definition) is 2. The molecule has 1 aromatic carbocycles.